The van der Waals surface area contributed by atoms with Gasteiger partial charge in [-0.25, -0.2) is 0 Å². The molecule has 0 aromatic carbocycles. The summed E-state index contributed by atoms with van der Waals surface area (Å²) in [6.07, 6.45) is 2.23. The van der Waals surface area contributed by atoms with Gasteiger partial charge in [-0.1, -0.05) is 0 Å². The summed E-state index contributed by atoms with van der Waals surface area (Å²) in [6.45, 7) is 9.75. The molecule has 1 atom stereocenters. The Hall–Kier alpha value is -0.610. The van der Waals surface area contributed by atoms with Crippen molar-refractivity contribution in [3.8, 4) is 0 Å². The van der Waals surface area contributed by atoms with Crippen LogP contribution in [0, 0.1) is 0 Å². The standard InChI is InChI=1S/C13H25NO3/c1-12(2,3)17-11(15)6-9-14-8-5-7-13(4,16)10-14/h16H,5-10H2,1-4H3. The lowest BCUT2D eigenvalue weighted by Crippen LogP contribution is -2.46. The monoisotopic (exact) mass is 243 g/mol. The van der Waals surface area contributed by atoms with Crippen molar-refractivity contribution in [1.82, 2.24) is 4.90 Å². The molecule has 1 saturated heterocycles. The first-order chi connectivity index (χ1) is 7.68. The second-order valence-electron chi connectivity index (χ2n) is 6.21. The zero-order valence-electron chi connectivity index (χ0n) is 11.5. The Bertz CT molecular complexity index is 268. The molecule has 1 fully saturated rings. The van der Waals surface area contributed by atoms with Gasteiger partial charge in [0.2, 0.25) is 0 Å². The van der Waals surface area contributed by atoms with Crippen molar-refractivity contribution in [2.24, 2.45) is 0 Å². The number of hydrogen-bond donors (Lipinski definition) is 1. The fraction of sp³-hybridized carbons (Fsp3) is 0.923. The third-order valence-electron chi connectivity index (χ3n) is 2.81. The molecular formula is C13H25NO3. The lowest BCUT2D eigenvalue weighted by atomic mass is 9.95. The van der Waals surface area contributed by atoms with E-state index in [0.29, 0.717) is 19.5 Å². The molecule has 100 valence electrons. The molecule has 1 aliphatic rings. The number of carbonyl (C=O) groups is 1. The Morgan fingerprint density at radius 2 is 2.12 bits per heavy atom. The summed E-state index contributed by atoms with van der Waals surface area (Å²) in [5.74, 6) is -0.164. The maximum atomic E-state index is 11.6. The number of piperidine rings is 1. The Morgan fingerprint density at radius 3 is 2.65 bits per heavy atom. The van der Waals surface area contributed by atoms with Crippen LogP contribution in [0.15, 0.2) is 0 Å². The summed E-state index contributed by atoms with van der Waals surface area (Å²) in [7, 11) is 0. The van der Waals surface area contributed by atoms with E-state index in [1.54, 1.807) is 0 Å². The highest BCUT2D eigenvalue weighted by Gasteiger charge is 2.28. The van der Waals surface area contributed by atoms with Crippen molar-refractivity contribution in [2.45, 2.75) is 58.2 Å². The maximum absolute atomic E-state index is 11.6. The van der Waals surface area contributed by atoms with E-state index in [4.69, 9.17) is 4.74 Å². The average molecular weight is 243 g/mol. The van der Waals surface area contributed by atoms with Crippen LogP contribution < -0.4 is 0 Å². The fourth-order valence-electron chi connectivity index (χ4n) is 2.16. The molecule has 0 saturated carbocycles. The van der Waals surface area contributed by atoms with Gasteiger partial charge in [-0.05, 0) is 47.1 Å². The number of hydrogen-bond acceptors (Lipinski definition) is 4. The molecule has 17 heavy (non-hydrogen) atoms. The topological polar surface area (TPSA) is 49.8 Å². The number of carbonyl (C=O) groups excluding carboxylic acids is 1. The number of likely N-dealkylation sites (tertiary alicyclic amines) is 1. The van der Waals surface area contributed by atoms with Gasteiger partial charge in [0.15, 0.2) is 0 Å². The van der Waals surface area contributed by atoms with E-state index in [9.17, 15) is 9.90 Å². The molecule has 0 aromatic heterocycles. The molecule has 0 spiro atoms. The van der Waals surface area contributed by atoms with Crippen LogP contribution in [0.2, 0.25) is 0 Å². The Labute approximate surface area is 104 Å². The summed E-state index contributed by atoms with van der Waals surface area (Å²) >= 11 is 0. The second-order valence-corrected chi connectivity index (χ2v) is 6.21. The number of aliphatic hydroxyl groups is 1. The SMILES string of the molecule is CC1(O)CCCN(CCC(=O)OC(C)(C)C)C1. The largest absolute Gasteiger partial charge is 0.460 e. The molecule has 1 N–H and O–H groups in total. The van der Waals surface area contributed by atoms with Gasteiger partial charge in [0.1, 0.15) is 5.60 Å². The highest BCUT2D eigenvalue weighted by Crippen LogP contribution is 2.20. The molecule has 1 rings (SSSR count). The number of rotatable bonds is 3. The van der Waals surface area contributed by atoms with E-state index in [-0.39, 0.29) is 5.97 Å². The van der Waals surface area contributed by atoms with Crippen LogP contribution in [-0.2, 0) is 9.53 Å². The first-order valence-electron chi connectivity index (χ1n) is 6.35. The van der Waals surface area contributed by atoms with Gasteiger partial charge < -0.3 is 9.84 Å². The molecule has 0 radical (unpaired) electrons. The van der Waals surface area contributed by atoms with E-state index in [1.165, 1.54) is 0 Å². The minimum atomic E-state index is -0.605. The van der Waals surface area contributed by atoms with E-state index in [1.807, 2.05) is 27.7 Å². The van der Waals surface area contributed by atoms with Crippen molar-refractivity contribution >= 4 is 5.97 Å². The van der Waals surface area contributed by atoms with Crippen molar-refractivity contribution in [3.05, 3.63) is 0 Å². The van der Waals surface area contributed by atoms with Crippen LogP contribution in [0.3, 0.4) is 0 Å². The van der Waals surface area contributed by atoms with Crippen molar-refractivity contribution in [3.63, 3.8) is 0 Å². The third kappa shape index (κ3) is 6.03. The minimum Gasteiger partial charge on any atom is -0.460 e. The summed E-state index contributed by atoms with van der Waals surface area (Å²) in [6, 6.07) is 0. The predicted molar refractivity (Wildman–Crippen MR) is 66.8 cm³/mol. The summed E-state index contributed by atoms with van der Waals surface area (Å²) < 4.78 is 5.25. The van der Waals surface area contributed by atoms with Crippen LogP contribution in [0.4, 0.5) is 0 Å². The van der Waals surface area contributed by atoms with Crippen LogP contribution in [0.5, 0.6) is 0 Å². The van der Waals surface area contributed by atoms with Gasteiger partial charge in [0.25, 0.3) is 0 Å². The molecule has 1 heterocycles. The summed E-state index contributed by atoms with van der Waals surface area (Å²) in [5, 5.41) is 9.94. The number of β-amino-alcohol motifs (C(OH)–C–C–N with tert-alkyl or cyclic N) is 1. The Morgan fingerprint density at radius 1 is 1.47 bits per heavy atom. The van der Waals surface area contributed by atoms with Gasteiger partial charge in [-0.2, -0.15) is 0 Å². The lowest BCUT2D eigenvalue weighted by Gasteiger charge is -2.36. The third-order valence-corrected chi connectivity index (χ3v) is 2.81. The minimum absolute atomic E-state index is 0.164. The Kier molecular flexibility index (Phi) is 4.55. The van der Waals surface area contributed by atoms with Gasteiger partial charge in [0, 0.05) is 13.1 Å². The quantitative estimate of drug-likeness (QED) is 0.764. The first kappa shape index (κ1) is 14.5. The van der Waals surface area contributed by atoms with Crippen LogP contribution >= 0.6 is 0 Å². The van der Waals surface area contributed by atoms with Gasteiger partial charge >= 0.3 is 5.97 Å². The maximum Gasteiger partial charge on any atom is 0.307 e. The van der Waals surface area contributed by atoms with Gasteiger partial charge in [-0.15, -0.1) is 0 Å². The highest BCUT2D eigenvalue weighted by atomic mass is 16.6. The average Bonchev–Trinajstić information content (AvgIpc) is 2.10. The van der Waals surface area contributed by atoms with Crippen LogP contribution in [-0.4, -0.2) is 46.8 Å². The zero-order chi connectivity index (χ0) is 13.1. The normalized spacial score (nSPS) is 26.9. The molecule has 0 amide bonds. The second kappa shape index (κ2) is 5.36. The number of nitrogens with zero attached hydrogens (tertiary/aromatic N) is 1. The van der Waals surface area contributed by atoms with Crippen molar-refractivity contribution < 1.29 is 14.6 Å². The zero-order valence-corrected chi connectivity index (χ0v) is 11.5. The number of ether oxygens (including phenoxy) is 1. The smallest absolute Gasteiger partial charge is 0.307 e. The van der Waals surface area contributed by atoms with Gasteiger partial charge in [0.05, 0.1) is 12.0 Å². The van der Waals surface area contributed by atoms with E-state index in [2.05, 4.69) is 4.90 Å². The first-order valence-corrected chi connectivity index (χ1v) is 6.35. The fourth-order valence-corrected chi connectivity index (χ4v) is 2.16. The molecule has 0 bridgehead atoms. The number of esters is 1. The summed E-state index contributed by atoms with van der Waals surface area (Å²) in [4.78, 5) is 13.7. The molecule has 1 unspecified atom stereocenters. The highest BCUT2D eigenvalue weighted by molar-refractivity contribution is 5.70. The Balaban J connectivity index is 2.29. The van der Waals surface area contributed by atoms with Gasteiger partial charge in [-0.3, -0.25) is 9.69 Å². The van der Waals surface area contributed by atoms with Crippen LogP contribution in [0.1, 0.15) is 47.0 Å². The van der Waals surface area contributed by atoms with E-state index in [0.717, 1.165) is 19.4 Å². The lowest BCUT2D eigenvalue weighted by molar-refractivity contribution is -0.155. The molecule has 0 aliphatic carbocycles. The molecular weight excluding hydrogens is 218 g/mol. The molecule has 4 nitrogen and oxygen atoms in total. The van der Waals surface area contributed by atoms with Crippen LogP contribution in [0.25, 0.3) is 0 Å². The molecule has 4 heteroatoms. The van der Waals surface area contributed by atoms with Crippen molar-refractivity contribution in [2.75, 3.05) is 19.6 Å². The van der Waals surface area contributed by atoms with Crippen molar-refractivity contribution in [1.29, 1.82) is 0 Å². The van der Waals surface area contributed by atoms with E-state index >= 15 is 0 Å². The molecule has 0 aromatic rings. The summed E-state index contributed by atoms with van der Waals surface area (Å²) in [5.41, 5.74) is -1.02. The van der Waals surface area contributed by atoms with E-state index < -0.39 is 11.2 Å². The predicted octanol–water partition coefficient (Wildman–Crippen LogP) is 1.56. The molecule has 1 aliphatic heterocycles.